The quantitative estimate of drug-likeness (QED) is 0.773. The van der Waals surface area contributed by atoms with Crippen molar-refractivity contribution in [3.8, 4) is 0 Å². The predicted molar refractivity (Wildman–Crippen MR) is 94.1 cm³/mol. The average molecular weight is 344 g/mol. The molecule has 1 saturated heterocycles. The Balaban J connectivity index is 1.46. The van der Waals surface area contributed by atoms with E-state index in [9.17, 15) is 0 Å². The summed E-state index contributed by atoms with van der Waals surface area (Å²) < 4.78 is 14.0. The highest BCUT2D eigenvalue weighted by molar-refractivity contribution is 5.17. The molecule has 3 atom stereocenters. The fraction of sp³-hybridized carbons (Fsp3) is 0.684. The molecule has 2 fully saturated rings. The Morgan fingerprint density at radius 1 is 1.28 bits per heavy atom. The normalized spacial score (nSPS) is 25.8. The highest BCUT2D eigenvalue weighted by Gasteiger charge is 2.36. The summed E-state index contributed by atoms with van der Waals surface area (Å²) in [5.41, 5.74) is 0. The molecule has 6 nitrogen and oxygen atoms in total. The first-order valence-electron chi connectivity index (χ1n) is 9.37. The van der Waals surface area contributed by atoms with Crippen molar-refractivity contribution in [1.82, 2.24) is 19.7 Å². The van der Waals surface area contributed by atoms with E-state index >= 15 is 0 Å². The second-order valence-corrected chi connectivity index (χ2v) is 7.65. The Morgan fingerprint density at radius 2 is 2.12 bits per heavy atom. The van der Waals surface area contributed by atoms with Gasteiger partial charge in [-0.05, 0) is 44.2 Å². The molecule has 1 aliphatic heterocycles. The molecule has 2 aliphatic rings. The van der Waals surface area contributed by atoms with Gasteiger partial charge in [0.25, 0.3) is 0 Å². The highest BCUT2D eigenvalue weighted by atomic mass is 16.5. The average Bonchev–Trinajstić information content (AvgIpc) is 3.01. The Bertz CT molecular complexity index is 717. The molecule has 2 aromatic rings. The van der Waals surface area contributed by atoms with Crippen LogP contribution in [-0.4, -0.2) is 38.9 Å². The van der Waals surface area contributed by atoms with Crippen LogP contribution in [0.4, 0.5) is 0 Å². The number of nitrogens with zero attached hydrogens (tertiary/aromatic N) is 4. The summed E-state index contributed by atoms with van der Waals surface area (Å²) >= 11 is 0. The van der Waals surface area contributed by atoms with E-state index in [1.54, 1.807) is 0 Å². The van der Waals surface area contributed by atoms with Gasteiger partial charge in [-0.1, -0.05) is 6.92 Å². The Morgan fingerprint density at radius 3 is 2.76 bits per heavy atom. The van der Waals surface area contributed by atoms with Crippen LogP contribution in [-0.2, 0) is 24.9 Å². The van der Waals surface area contributed by atoms with Crippen molar-refractivity contribution in [3.63, 3.8) is 0 Å². The molecule has 2 aromatic heterocycles. The number of furan rings is 1. The number of hydrogen-bond acceptors (Lipinski definition) is 5. The molecular weight excluding hydrogens is 316 g/mol. The summed E-state index contributed by atoms with van der Waals surface area (Å²) in [4.78, 5) is 2.37. The van der Waals surface area contributed by atoms with Crippen molar-refractivity contribution in [2.45, 2.75) is 58.2 Å². The van der Waals surface area contributed by atoms with Gasteiger partial charge in [0.15, 0.2) is 0 Å². The molecule has 0 bridgehead atoms. The third-order valence-corrected chi connectivity index (χ3v) is 5.57. The van der Waals surface area contributed by atoms with Crippen molar-refractivity contribution < 1.29 is 9.15 Å². The Labute approximate surface area is 149 Å². The molecule has 0 aromatic carbocycles. The van der Waals surface area contributed by atoms with Gasteiger partial charge < -0.3 is 13.7 Å². The molecule has 1 saturated carbocycles. The largest absolute Gasteiger partial charge is 0.464 e. The van der Waals surface area contributed by atoms with Crippen molar-refractivity contribution in [2.24, 2.45) is 13.0 Å². The molecule has 1 aliphatic carbocycles. The zero-order valence-electron chi connectivity index (χ0n) is 15.4. The van der Waals surface area contributed by atoms with E-state index in [4.69, 9.17) is 9.15 Å². The molecule has 3 heterocycles. The first-order chi connectivity index (χ1) is 12.1. The van der Waals surface area contributed by atoms with E-state index < -0.39 is 0 Å². The van der Waals surface area contributed by atoms with E-state index in [1.165, 1.54) is 6.42 Å². The van der Waals surface area contributed by atoms with Gasteiger partial charge in [0.2, 0.25) is 0 Å². The minimum atomic E-state index is 0.312. The zero-order chi connectivity index (χ0) is 17.4. The van der Waals surface area contributed by atoms with Crippen LogP contribution in [0.5, 0.6) is 0 Å². The van der Waals surface area contributed by atoms with E-state index in [1.807, 2.05) is 14.0 Å². The molecule has 3 unspecified atom stereocenters. The third kappa shape index (κ3) is 3.80. The summed E-state index contributed by atoms with van der Waals surface area (Å²) in [5, 5.41) is 8.51. The number of ether oxygens (including phenoxy) is 1. The van der Waals surface area contributed by atoms with E-state index in [0.717, 1.165) is 68.2 Å². The molecule has 6 heteroatoms. The lowest BCUT2D eigenvalue weighted by Crippen LogP contribution is -2.32. The SMILES string of the molecule is Cc1nnc(CN(Cc2ccc(C3CC3C)o2)CC2CCCO2)n1C. The van der Waals surface area contributed by atoms with Crippen LogP contribution < -0.4 is 0 Å². The fourth-order valence-corrected chi connectivity index (χ4v) is 3.67. The first-order valence-corrected chi connectivity index (χ1v) is 9.37. The number of rotatable bonds is 7. The summed E-state index contributed by atoms with van der Waals surface area (Å²) in [6, 6.07) is 4.28. The molecule has 0 N–H and O–H groups in total. The van der Waals surface area contributed by atoms with Crippen LogP contribution in [0.2, 0.25) is 0 Å². The molecule has 4 rings (SSSR count). The standard InChI is InChI=1S/C19H28N4O2/c1-13-9-17(13)18-7-6-16(25-18)11-23(10-15-5-4-8-24-15)12-19-21-20-14(2)22(19)3/h6-7,13,15,17H,4-5,8-12H2,1-3H3. The maximum absolute atomic E-state index is 6.12. The van der Waals surface area contributed by atoms with Crippen LogP contribution in [0.15, 0.2) is 16.5 Å². The number of aryl methyl sites for hydroxylation is 1. The van der Waals surface area contributed by atoms with Crippen molar-refractivity contribution in [1.29, 1.82) is 0 Å². The van der Waals surface area contributed by atoms with Gasteiger partial charge in [-0.3, -0.25) is 4.90 Å². The highest BCUT2D eigenvalue weighted by Crippen LogP contribution is 2.47. The van der Waals surface area contributed by atoms with Gasteiger partial charge in [0.05, 0.1) is 19.2 Å². The molecule has 25 heavy (non-hydrogen) atoms. The molecule has 0 amide bonds. The van der Waals surface area contributed by atoms with E-state index in [2.05, 4.69) is 38.7 Å². The van der Waals surface area contributed by atoms with Gasteiger partial charge in [-0.15, -0.1) is 10.2 Å². The summed E-state index contributed by atoms with van der Waals surface area (Å²) in [6.45, 7) is 7.59. The zero-order valence-corrected chi connectivity index (χ0v) is 15.4. The van der Waals surface area contributed by atoms with Crippen LogP contribution in [0.1, 0.15) is 55.3 Å². The molecular formula is C19H28N4O2. The van der Waals surface area contributed by atoms with Crippen LogP contribution in [0, 0.1) is 12.8 Å². The Kier molecular flexibility index (Phi) is 4.65. The van der Waals surface area contributed by atoms with Gasteiger partial charge >= 0.3 is 0 Å². The minimum Gasteiger partial charge on any atom is -0.464 e. The van der Waals surface area contributed by atoms with E-state index in [-0.39, 0.29) is 0 Å². The summed E-state index contributed by atoms with van der Waals surface area (Å²) in [7, 11) is 2.02. The van der Waals surface area contributed by atoms with Gasteiger partial charge in [0.1, 0.15) is 23.2 Å². The first kappa shape index (κ1) is 16.8. The summed E-state index contributed by atoms with van der Waals surface area (Å²) in [6.07, 6.45) is 3.86. The smallest absolute Gasteiger partial charge is 0.146 e. The lowest BCUT2D eigenvalue weighted by atomic mass is 10.2. The number of aromatic nitrogens is 3. The second-order valence-electron chi connectivity index (χ2n) is 7.65. The van der Waals surface area contributed by atoms with Crippen molar-refractivity contribution in [3.05, 3.63) is 35.3 Å². The second kappa shape index (κ2) is 6.92. The molecule has 0 spiro atoms. The topological polar surface area (TPSA) is 56.3 Å². The molecule has 136 valence electrons. The van der Waals surface area contributed by atoms with Crippen molar-refractivity contribution in [2.75, 3.05) is 13.2 Å². The monoisotopic (exact) mass is 344 g/mol. The Hall–Kier alpha value is -1.66. The summed E-state index contributed by atoms with van der Waals surface area (Å²) in [5.74, 6) is 5.50. The number of hydrogen-bond donors (Lipinski definition) is 0. The minimum absolute atomic E-state index is 0.312. The van der Waals surface area contributed by atoms with Crippen LogP contribution >= 0.6 is 0 Å². The molecule has 0 radical (unpaired) electrons. The van der Waals surface area contributed by atoms with Crippen LogP contribution in [0.25, 0.3) is 0 Å². The van der Waals surface area contributed by atoms with Gasteiger partial charge in [-0.2, -0.15) is 0 Å². The fourth-order valence-electron chi connectivity index (χ4n) is 3.67. The van der Waals surface area contributed by atoms with Gasteiger partial charge in [-0.25, -0.2) is 0 Å². The predicted octanol–water partition coefficient (Wildman–Crippen LogP) is 3.02. The maximum atomic E-state index is 6.12. The lowest BCUT2D eigenvalue weighted by Gasteiger charge is -2.23. The lowest BCUT2D eigenvalue weighted by molar-refractivity contribution is 0.0640. The van der Waals surface area contributed by atoms with E-state index in [0.29, 0.717) is 12.0 Å². The van der Waals surface area contributed by atoms with Gasteiger partial charge in [0, 0.05) is 26.1 Å². The maximum Gasteiger partial charge on any atom is 0.146 e. The van der Waals surface area contributed by atoms with Crippen LogP contribution in [0.3, 0.4) is 0 Å². The van der Waals surface area contributed by atoms with Crippen molar-refractivity contribution >= 4 is 0 Å². The third-order valence-electron chi connectivity index (χ3n) is 5.57.